The molecule has 1 aromatic carbocycles. The third-order valence-corrected chi connectivity index (χ3v) is 7.43. The predicted octanol–water partition coefficient (Wildman–Crippen LogP) is 2.52. The first-order chi connectivity index (χ1) is 14.4. The molecule has 1 N–H and O–H groups in total. The number of furan rings is 1. The minimum Gasteiger partial charge on any atom is -0.465 e. The van der Waals surface area contributed by atoms with Crippen molar-refractivity contribution in [3.05, 3.63) is 64.6 Å². The first-order valence-electron chi connectivity index (χ1n) is 8.90. The van der Waals surface area contributed by atoms with Crippen LogP contribution in [0, 0.1) is 0 Å². The molecule has 156 valence electrons. The van der Waals surface area contributed by atoms with E-state index in [0.29, 0.717) is 11.6 Å². The summed E-state index contributed by atoms with van der Waals surface area (Å²) in [5.74, 6) is -0.778. The quantitative estimate of drug-likeness (QED) is 0.597. The zero-order valence-electron chi connectivity index (χ0n) is 15.8. The number of carbonyl (C=O) groups is 2. The number of carbonyl (C=O) groups excluding carboxylic acids is 2. The maximum Gasteiger partial charge on any atom is 0.337 e. The molecule has 0 spiro atoms. The second-order valence-electron chi connectivity index (χ2n) is 6.42. The van der Waals surface area contributed by atoms with E-state index in [0.717, 1.165) is 10.6 Å². The molecule has 9 nitrogen and oxygen atoms in total. The average Bonchev–Trinajstić information content (AvgIpc) is 3.42. The van der Waals surface area contributed by atoms with Crippen molar-refractivity contribution in [3.63, 3.8) is 0 Å². The van der Waals surface area contributed by atoms with Gasteiger partial charge < -0.3 is 9.15 Å². The van der Waals surface area contributed by atoms with Crippen LogP contribution in [0.2, 0.25) is 0 Å². The molecule has 0 aliphatic carbocycles. The second kappa shape index (κ2) is 8.01. The highest BCUT2D eigenvalue weighted by Gasteiger charge is 2.31. The Morgan fingerprint density at radius 3 is 2.67 bits per heavy atom. The van der Waals surface area contributed by atoms with Gasteiger partial charge in [0.1, 0.15) is 0 Å². The summed E-state index contributed by atoms with van der Waals surface area (Å²) < 4.78 is 37.0. The molecule has 0 fully saturated rings. The van der Waals surface area contributed by atoms with Crippen LogP contribution in [0.1, 0.15) is 31.5 Å². The third kappa shape index (κ3) is 3.86. The third-order valence-electron chi connectivity index (χ3n) is 4.57. The smallest absolute Gasteiger partial charge is 0.337 e. The van der Waals surface area contributed by atoms with Crippen molar-refractivity contribution in [1.29, 1.82) is 0 Å². The molecule has 0 unspecified atom stereocenters. The number of aromatic nitrogens is 1. The number of amides is 1. The number of rotatable bonds is 5. The van der Waals surface area contributed by atoms with Crippen molar-refractivity contribution < 1.29 is 27.2 Å². The highest BCUT2D eigenvalue weighted by Crippen LogP contribution is 2.31. The summed E-state index contributed by atoms with van der Waals surface area (Å²) in [6, 6.07) is 8.77. The van der Waals surface area contributed by atoms with E-state index in [1.54, 1.807) is 12.1 Å². The number of methoxy groups -OCH3 is 1. The van der Waals surface area contributed by atoms with Crippen LogP contribution in [0.4, 0.5) is 5.13 Å². The van der Waals surface area contributed by atoms with E-state index in [1.807, 2.05) is 0 Å². The number of nitrogens with one attached hydrogen (secondary N) is 1. The van der Waals surface area contributed by atoms with E-state index in [1.165, 1.54) is 53.3 Å². The summed E-state index contributed by atoms with van der Waals surface area (Å²) in [6.07, 6.45) is 1.84. The van der Waals surface area contributed by atoms with E-state index in [9.17, 15) is 18.0 Å². The molecule has 3 aromatic rings. The van der Waals surface area contributed by atoms with Gasteiger partial charge in [0, 0.05) is 17.8 Å². The van der Waals surface area contributed by atoms with Crippen molar-refractivity contribution in [2.75, 3.05) is 19.0 Å². The van der Waals surface area contributed by atoms with Crippen LogP contribution in [0.5, 0.6) is 0 Å². The Balaban J connectivity index is 1.50. The number of esters is 1. The lowest BCUT2D eigenvalue weighted by Gasteiger charge is -2.25. The van der Waals surface area contributed by atoms with E-state index in [-0.39, 0.29) is 29.3 Å². The Morgan fingerprint density at radius 1 is 1.23 bits per heavy atom. The van der Waals surface area contributed by atoms with Crippen LogP contribution < -0.4 is 5.32 Å². The fourth-order valence-electron chi connectivity index (χ4n) is 3.03. The first-order valence-corrected chi connectivity index (χ1v) is 11.2. The maximum absolute atomic E-state index is 13.0. The van der Waals surface area contributed by atoms with Gasteiger partial charge >= 0.3 is 5.97 Å². The summed E-state index contributed by atoms with van der Waals surface area (Å²) in [6.45, 7) is 0.425. The molecule has 11 heteroatoms. The van der Waals surface area contributed by atoms with Gasteiger partial charge in [-0.15, -0.1) is 11.3 Å². The van der Waals surface area contributed by atoms with Gasteiger partial charge in [0.25, 0.3) is 5.91 Å². The van der Waals surface area contributed by atoms with Gasteiger partial charge in [-0.1, -0.05) is 0 Å². The Labute approximate surface area is 176 Å². The average molecular weight is 447 g/mol. The summed E-state index contributed by atoms with van der Waals surface area (Å²) in [7, 11) is -2.48. The van der Waals surface area contributed by atoms with Crippen LogP contribution in [0.15, 0.2) is 52.0 Å². The Morgan fingerprint density at radius 2 is 2.00 bits per heavy atom. The van der Waals surface area contributed by atoms with Crippen LogP contribution in [0.25, 0.3) is 0 Å². The highest BCUT2D eigenvalue weighted by atomic mass is 32.2. The topological polar surface area (TPSA) is 119 Å². The van der Waals surface area contributed by atoms with Crippen LogP contribution >= 0.6 is 11.3 Å². The van der Waals surface area contributed by atoms with Gasteiger partial charge in [-0.2, -0.15) is 4.31 Å². The minimum absolute atomic E-state index is 0.0921. The van der Waals surface area contributed by atoms with E-state index >= 15 is 0 Å². The first kappa shape index (κ1) is 20.3. The molecule has 0 saturated heterocycles. The molecule has 2 aromatic heterocycles. The van der Waals surface area contributed by atoms with E-state index < -0.39 is 21.9 Å². The van der Waals surface area contributed by atoms with Crippen molar-refractivity contribution in [1.82, 2.24) is 9.29 Å². The van der Waals surface area contributed by atoms with E-state index in [4.69, 9.17) is 4.42 Å². The number of hydrogen-bond acceptors (Lipinski definition) is 8. The number of sulfonamides is 1. The lowest BCUT2D eigenvalue weighted by atomic mass is 10.2. The second-order valence-corrected chi connectivity index (χ2v) is 9.45. The molecule has 0 atom stereocenters. The number of hydrogen-bond donors (Lipinski definition) is 1. The molecule has 0 saturated carbocycles. The van der Waals surface area contributed by atoms with Crippen molar-refractivity contribution in [3.8, 4) is 0 Å². The fraction of sp³-hybridized carbons (Fsp3) is 0.211. The van der Waals surface area contributed by atoms with Crippen LogP contribution in [-0.2, 0) is 27.7 Å². The molecule has 3 heterocycles. The number of nitrogens with zero attached hydrogens (tertiary/aromatic N) is 2. The molecular formula is C19H17N3O6S2. The number of ether oxygens (including phenoxy) is 1. The van der Waals surface area contributed by atoms with Gasteiger partial charge in [0.2, 0.25) is 10.0 Å². The standard InChI is InChI=1S/C19H17N3O6S2/c1-27-18(24)12-4-6-13(7-5-12)30(25,26)22-9-8-14-16(11-22)29-19(20-14)21-17(23)15-3-2-10-28-15/h2-7,10H,8-9,11H2,1H3,(H,20,21,23). The molecule has 1 aliphatic heterocycles. The van der Waals surface area contributed by atoms with Gasteiger partial charge in [0.05, 0.1) is 36.1 Å². The molecule has 1 aliphatic rings. The molecule has 30 heavy (non-hydrogen) atoms. The molecule has 0 bridgehead atoms. The number of anilines is 1. The lowest BCUT2D eigenvalue weighted by molar-refractivity contribution is 0.0600. The number of benzene rings is 1. The lowest BCUT2D eigenvalue weighted by Crippen LogP contribution is -2.35. The molecule has 4 rings (SSSR count). The largest absolute Gasteiger partial charge is 0.465 e. The monoisotopic (exact) mass is 447 g/mol. The van der Waals surface area contributed by atoms with Crippen LogP contribution in [0.3, 0.4) is 0 Å². The van der Waals surface area contributed by atoms with Crippen molar-refractivity contribution in [2.24, 2.45) is 0 Å². The zero-order chi connectivity index (χ0) is 21.3. The van der Waals surface area contributed by atoms with Crippen LogP contribution in [-0.4, -0.2) is 43.2 Å². The predicted molar refractivity (Wildman–Crippen MR) is 108 cm³/mol. The SMILES string of the molecule is COC(=O)c1ccc(S(=O)(=O)N2CCc3nc(NC(=O)c4ccco4)sc3C2)cc1. The van der Waals surface area contributed by atoms with Crippen molar-refractivity contribution in [2.45, 2.75) is 17.9 Å². The summed E-state index contributed by atoms with van der Waals surface area (Å²) in [5, 5.41) is 3.06. The molecular weight excluding hydrogens is 430 g/mol. The van der Waals surface area contributed by atoms with E-state index in [2.05, 4.69) is 15.0 Å². The Kier molecular flexibility index (Phi) is 5.41. The Hall–Kier alpha value is -3.02. The van der Waals surface area contributed by atoms with Gasteiger partial charge in [-0.05, 0) is 36.4 Å². The fourth-order valence-corrected chi connectivity index (χ4v) is 5.54. The minimum atomic E-state index is -3.75. The zero-order valence-corrected chi connectivity index (χ0v) is 17.5. The van der Waals surface area contributed by atoms with Gasteiger partial charge in [-0.25, -0.2) is 18.2 Å². The van der Waals surface area contributed by atoms with Gasteiger partial charge in [-0.3, -0.25) is 10.1 Å². The summed E-state index contributed by atoms with van der Waals surface area (Å²) in [5.41, 5.74) is 1.04. The maximum atomic E-state index is 13.0. The highest BCUT2D eigenvalue weighted by molar-refractivity contribution is 7.89. The summed E-state index contributed by atoms with van der Waals surface area (Å²) >= 11 is 1.23. The van der Waals surface area contributed by atoms with Gasteiger partial charge in [0.15, 0.2) is 10.9 Å². The van der Waals surface area contributed by atoms with Crippen molar-refractivity contribution >= 4 is 38.4 Å². The summed E-state index contributed by atoms with van der Waals surface area (Å²) in [4.78, 5) is 28.9. The Bertz CT molecular complexity index is 1180. The molecule has 1 amide bonds. The normalized spacial score (nSPS) is 14.2. The molecule has 0 radical (unpaired) electrons. The number of thiazole rings is 1. The number of fused-ring (bicyclic) bond motifs is 1.